The number of ether oxygens (including phenoxy) is 1. The summed E-state index contributed by atoms with van der Waals surface area (Å²) in [4.78, 5) is 13.5. The zero-order chi connectivity index (χ0) is 14.3. The van der Waals surface area contributed by atoms with Crippen LogP contribution in [-0.4, -0.2) is 32.7 Å². The van der Waals surface area contributed by atoms with E-state index in [0.29, 0.717) is 24.4 Å². The molecule has 0 saturated heterocycles. The van der Waals surface area contributed by atoms with Gasteiger partial charge in [-0.15, -0.1) is 0 Å². The highest BCUT2D eigenvalue weighted by Gasteiger charge is 2.14. The molecule has 0 unspecified atom stereocenters. The molecule has 0 aromatic heterocycles. The number of carbonyl (C=O) groups is 1. The van der Waals surface area contributed by atoms with Crippen LogP contribution in [0.1, 0.15) is 19.4 Å². The first-order chi connectivity index (χ1) is 9.15. The lowest BCUT2D eigenvalue weighted by Gasteiger charge is -2.23. The van der Waals surface area contributed by atoms with E-state index in [4.69, 9.17) is 10.00 Å². The summed E-state index contributed by atoms with van der Waals surface area (Å²) in [5.41, 5.74) is 1.25. The third kappa shape index (κ3) is 3.88. The van der Waals surface area contributed by atoms with Gasteiger partial charge in [-0.2, -0.15) is 5.26 Å². The second kappa shape index (κ2) is 7.27. The molecule has 5 heteroatoms. The summed E-state index contributed by atoms with van der Waals surface area (Å²) < 4.78 is 5.16. The predicted molar refractivity (Wildman–Crippen MR) is 74.3 cm³/mol. The van der Waals surface area contributed by atoms with Crippen molar-refractivity contribution in [2.45, 2.75) is 13.8 Å². The van der Waals surface area contributed by atoms with Crippen LogP contribution in [0.4, 0.5) is 5.69 Å². The van der Waals surface area contributed by atoms with Crippen molar-refractivity contribution >= 4 is 11.6 Å². The van der Waals surface area contributed by atoms with Gasteiger partial charge in [0.15, 0.2) is 0 Å². The number of benzene rings is 1. The molecule has 1 aromatic rings. The molecule has 0 aliphatic heterocycles. The van der Waals surface area contributed by atoms with Gasteiger partial charge in [0.2, 0.25) is 5.91 Å². The Hall–Kier alpha value is -2.22. The normalized spacial score (nSPS) is 9.58. The summed E-state index contributed by atoms with van der Waals surface area (Å²) in [6.07, 6.45) is 0. The molecule has 0 bridgehead atoms. The maximum absolute atomic E-state index is 11.7. The zero-order valence-corrected chi connectivity index (χ0v) is 11.6. The fourth-order valence-corrected chi connectivity index (χ4v) is 1.79. The summed E-state index contributed by atoms with van der Waals surface area (Å²) in [7, 11) is 1.57. The molecular weight excluding hydrogens is 242 g/mol. The second-order valence-electron chi connectivity index (χ2n) is 3.96. The van der Waals surface area contributed by atoms with Crippen molar-refractivity contribution in [1.82, 2.24) is 5.32 Å². The smallest absolute Gasteiger partial charge is 0.239 e. The lowest BCUT2D eigenvalue weighted by atomic mass is 10.1. The Balaban J connectivity index is 3.02. The van der Waals surface area contributed by atoms with E-state index >= 15 is 0 Å². The Bertz CT molecular complexity index is 480. The van der Waals surface area contributed by atoms with Crippen molar-refractivity contribution in [1.29, 1.82) is 5.26 Å². The van der Waals surface area contributed by atoms with Crippen molar-refractivity contribution in [2.24, 2.45) is 0 Å². The topological polar surface area (TPSA) is 65.4 Å². The number of hydrogen-bond acceptors (Lipinski definition) is 4. The molecule has 5 nitrogen and oxygen atoms in total. The number of likely N-dealkylation sites (N-methyl/N-ethyl adjacent to an activating group) is 2. The summed E-state index contributed by atoms with van der Waals surface area (Å²) in [5, 5.41) is 11.9. The van der Waals surface area contributed by atoms with Crippen molar-refractivity contribution < 1.29 is 9.53 Å². The van der Waals surface area contributed by atoms with E-state index in [9.17, 15) is 4.79 Å². The summed E-state index contributed by atoms with van der Waals surface area (Å²) in [6, 6.07) is 7.36. The van der Waals surface area contributed by atoms with Gasteiger partial charge in [0.25, 0.3) is 0 Å². The third-order valence-electron chi connectivity index (χ3n) is 2.76. The average molecular weight is 261 g/mol. The van der Waals surface area contributed by atoms with Gasteiger partial charge in [-0.3, -0.25) is 4.79 Å². The summed E-state index contributed by atoms with van der Waals surface area (Å²) in [6.45, 7) is 5.28. The summed E-state index contributed by atoms with van der Waals surface area (Å²) >= 11 is 0. The van der Waals surface area contributed by atoms with E-state index in [-0.39, 0.29) is 12.5 Å². The molecule has 0 spiro atoms. The molecule has 1 amide bonds. The van der Waals surface area contributed by atoms with Gasteiger partial charge < -0.3 is 15.0 Å². The number of methoxy groups -OCH3 is 1. The van der Waals surface area contributed by atoms with Gasteiger partial charge in [-0.25, -0.2) is 0 Å². The van der Waals surface area contributed by atoms with E-state index in [2.05, 4.69) is 11.4 Å². The fraction of sp³-hybridized carbons (Fsp3) is 0.429. The van der Waals surface area contributed by atoms with E-state index < -0.39 is 0 Å². The molecule has 1 N–H and O–H groups in total. The van der Waals surface area contributed by atoms with Crippen molar-refractivity contribution in [2.75, 3.05) is 31.6 Å². The van der Waals surface area contributed by atoms with Gasteiger partial charge in [0.05, 0.1) is 24.9 Å². The predicted octanol–water partition coefficient (Wildman–Crippen LogP) is 1.53. The van der Waals surface area contributed by atoms with Crippen LogP contribution in [0.25, 0.3) is 0 Å². The van der Waals surface area contributed by atoms with Crippen LogP contribution in [0.15, 0.2) is 18.2 Å². The number of hydrogen-bond donors (Lipinski definition) is 1. The molecule has 0 saturated carbocycles. The van der Waals surface area contributed by atoms with Gasteiger partial charge in [0, 0.05) is 19.2 Å². The molecule has 0 fully saturated rings. The first-order valence-corrected chi connectivity index (χ1v) is 6.26. The second-order valence-corrected chi connectivity index (χ2v) is 3.96. The maximum Gasteiger partial charge on any atom is 0.239 e. The minimum atomic E-state index is -0.0592. The van der Waals surface area contributed by atoms with E-state index in [0.717, 1.165) is 5.69 Å². The molecule has 1 aromatic carbocycles. The maximum atomic E-state index is 11.7. The lowest BCUT2D eigenvalue weighted by molar-refractivity contribution is -0.119. The number of amides is 1. The lowest BCUT2D eigenvalue weighted by Crippen LogP contribution is -2.37. The van der Waals surface area contributed by atoms with Gasteiger partial charge in [-0.05, 0) is 26.0 Å². The number of rotatable bonds is 6. The van der Waals surface area contributed by atoms with E-state index in [1.807, 2.05) is 18.7 Å². The van der Waals surface area contributed by atoms with Crippen LogP contribution in [0.5, 0.6) is 5.75 Å². The zero-order valence-electron chi connectivity index (χ0n) is 11.6. The highest BCUT2D eigenvalue weighted by Crippen LogP contribution is 2.25. The van der Waals surface area contributed by atoms with Crippen molar-refractivity contribution in [3.8, 4) is 11.8 Å². The number of carbonyl (C=O) groups excluding carboxylic acids is 1. The third-order valence-corrected chi connectivity index (χ3v) is 2.76. The fourth-order valence-electron chi connectivity index (χ4n) is 1.79. The van der Waals surface area contributed by atoms with Gasteiger partial charge >= 0.3 is 0 Å². The molecule has 1 rings (SSSR count). The number of nitrogens with zero attached hydrogens (tertiary/aromatic N) is 2. The largest absolute Gasteiger partial charge is 0.497 e. The molecule has 0 aliphatic rings. The molecule has 0 aliphatic carbocycles. The number of anilines is 1. The standard InChI is InChI=1S/C14H19N3O2/c1-4-16-14(18)10-17(5-2)13-8-12(19-3)7-6-11(13)9-15/h6-8H,4-5,10H2,1-3H3,(H,16,18). The summed E-state index contributed by atoms with van der Waals surface area (Å²) in [5.74, 6) is 0.611. The highest BCUT2D eigenvalue weighted by atomic mass is 16.5. The van der Waals surface area contributed by atoms with Crippen molar-refractivity contribution in [3.63, 3.8) is 0 Å². The molecule has 0 atom stereocenters. The van der Waals surface area contributed by atoms with Crippen LogP contribution in [-0.2, 0) is 4.79 Å². The Labute approximate surface area is 113 Å². The van der Waals surface area contributed by atoms with Crippen LogP contribution in [0.2, 0.25) is 0 Å². The van der Waals surface area contributed by atoms with Crippen LogP contribution in [0, 0.1) is 11.3 Å². The van der Waals surface area contributed by atoms with E-state index in [1.54, 1.807) is 25.3 Å². The first kappa shape index (κ1) is 14.8. The monoisotopic (exact) mass is 261 g/mol. The molecule has 102 valence electrons. The average Bonchev–Trinajstić information content (AvgIpc) is 2.44. The SMILES string of the molecule is CCNC(=O)CN(CC)c1cc(OC)ccc1C#N. The van der Waals surface area contributed by atoms with Crippen LogP contribution >= 0.6 is 0 Å². The number of nitrogens with one attached hydrogen (secondary N) is 1. The molecule has 0 radical (unpaired) electrons. The van der Waals surface area contributed by atoms with Gasteiger partial charge in [-0.1, -0.05) is 0 Å². The minimum absolute atomic E-state index is 0.0592. The Morgan fingerprint density at radius 1 is 1.47 bits per heavy atom. The van der Waals surface area contributed by atoms with E-state index in [1.165, 1.54) is 0 Å². The van der Waals surface area contributed by atoms with Gasteiger partial charge in [0.1, 0.15) is 11.8 Å². The minimum Gasteiger partial charge on any atom is -0.497 e. The first-order valence-electron chi connectivity index (χ1n) is 6.26. The quantitative estimate of drug-likeness (QED) is 0.843. The molecule has 0 heterocycles. The molecular formula is C14H19N3O2. The molecule has 19 heavy (non-hydrogen) atoms. The highest BCUT2D eigenvalue weighted by molar-refractivity contribution is 5.82. The van der Waals surface area contributed by atoms with Crippen molar-refractivity contribution in [3.05, 3.63) is 23.8 Å². The van der Waals surface area contributed by atoms with Crippen LogP contribution in [0.3, 0.4) is 0 Å². The Morgan fingerprint density at radius 3 is 2.74 bits per heavy atom. The number of nitriles is 1. The van der Waals surface area contributed by atoms with Crippen LogP contribution < -0.4 is 15.0 Å². The Morgan fingerprint density at radius 2 is 2.21 bits per heavy atom. The Kier molecular flexibility index (Phi) is 5.68.